The maximum atomic E-state index is 12.8. The molecule has 20 heavy (non-hydrogen) atoms. The molecule has 0 N–H and O–H groups in total. The van der Waals surface area contributed by atoms with E-state index in [0.717, 1.165) is 12.1 Å². The number of hydrogen-bond donors (Lipinski definition) is 0. The van der Waals surface area contributed by atoms with Crippen LogP contribution in [-0.2, 0) is 6.18 Å². The summed E-state index contributed by atoms with van der Waals surface area (Å²) in [4.78, 5) is 0. The first-order valence-electron chi connectivity index (χ1n) is 5.86. The Morgan fingerprint density at radius 1 is 0.900 bits per heavy atom. The third-order valence-electron chi connectivity index (χ3n) is 2.90. The lowest BCUT2D eigenvalue weighted by atomic mass is 10.0. The van der Waals surface area contributed by atoms with Crippen molar-refractivity contribution in [3.8, 4) is 22.6 Å². The number of para-hydroxylation sites is 1. The smallest absolute Gasteiger partial charge is 0.416 e. The molecule has 0 aliphatic carbocycles. The number of halogens is 3. The highest BCUT2D eigenvalue weighted by Crippen LogP contribution is 2.39. The highest BCUT2D eigenvalue weighted by molar-refractivity contribution is 5.74. The summed E-state index contributed by atoms with van der Waals surface area (Å²) in [6.07, 6.45) is -4.37. The largest absolute Gasteiger partial charge is 0.493 e. The Morgan fingerprint density at radius 2 is 1.60 bits per heavy atom. The van der Waals surface area contributed by atoms with E-state index in [9.17, 15) is 13.2 Å². The minimum atomic E-state index is -4.37. The van der Waals surface area contributed by atoms with Crippen molar-refractivity contribution in [3.63, 3.8) is 0 Å². The van der Waals surface area contributed by atoms with Gasteiger partial charge in [-0.1, -0.05) is 24.3 Å². The van der Waals surface area contributed by atoms with Crippen molar-refractivity contribution in [1.82, 2.24) is 0 Å². The molecule has 0 amide bonds. The number of alkyl halides is 3. The van der Waals surface area contributed by atoms with Crippen LogP contribution in [0.25, 0.3) is 11.1 Å². The highest BCUT2D eigenvalue weighted by atomic mass is 19.4. The van der Waals surface area contributed by atoms with E-state index in [1.54, 1.807) is 24.3 Å². The highest BCUT2D eigenvalue weighted by Gasteiger charge is 2.30. The quantitative estimate of drug-likeness (QED) is 0.831. The zero-order valence-electron chi connectivity index (χ0n) is 11.0. The summed E-state index contributed by atoms with van der Waals surface area (Å²) in [6.45, 7) is 0. The molecule has 0 atom stereocenters. The van der Waals surface area contributed by atoms with Crippen molar-refractivity contribution in [1.29, 1.82) is 0 Å². The van der Waals surface area contributed by atoms with E-state index in [0.29, 0.717) is 22.6 Å². The molecule has 0 saturated heterocycles. The second-order valence-corrected chi connectivity index (χ2v) is 4.12. The monoisotopic (exact) mass is 282 g/mol. The first-order chi connectivity index (χ1) is 9.47. The second-order valence-electron chi connectivity index (χ2n) is 4.12. The predicted octanol–water partition coefficient (Wildman–Crippen LogP) is 4.39. The van der Waals surface area contributed by atoms with Gasteiger partial charge < -0.3 is 9.47 Å². The first-order valence-corrected chi connectivity index (χ1v) is 5.86. The van der Waals surface area contributed by atoms with Gasteiger partial charge in [0, 0.05) is 5.56 Å². The van der Waals surface area contributed by atoms with Crippen LogP contribution in [0.5, 0.6) is 11.5 Å². The van der Waals surface area contributed by atoms with Gasteiger partial charge in [-0.2, -0.15) is 13.2 Å². The van der Waals surface area contributed by atoms with Gasteiger partial charge in [0.05, 0.1) is 19.8 Å². The summed E-state index contributed by atoms with van der Waals surface area (Å²) in [6, 6.07) is 10.2. The molecule has 106 valence electrons. The third-order valence-corrected chi connectivity index (χ3v) is 2.90. The molecule has 2 aromatic carbocycles. The molecule has 0 saturated carbocycles. The van der Waals surface area contributed by atoms with Gasteiger partial charge >= 0.3 is 6.18 Å². The van der Waals surface area contributed by atoms with E-state index in [1.807, 2.05) is 0 Å². The van der Waals surface area contributed by atoms with Crippen LogP contribution >= 0.6 is 0 Å². The molecule has 0 unspecified atom stereocenters. The molecule has 0 bridgehead atoms. The van der Waals surface area contributed by atoms with Gasteiger partial charge in [-0.05, 0) is 23.8 Å². The van der Waals surface area contributed by atoms with Crippen LogP contribution in [0.15, 0.2) is 42.5 Å². The Kier molecular flexibility index (Phi) is 3.88. The Labute approximate surface area is 114 Å². The molecule has 5 heteroatoms. The molecule has 0 spiro atoms. The molecule has 0 heterocycles. The molecule has 0 fully saturated rings. The minimum Gasteiger partial charge on any atom is -0.493 e. The molecule has 2 nitrogen and oxygen atoms in total. The van der Waals surface area contributed by atoms with E-state index >= 15 is 0 Å². The molecule has 0 aliphatic rings. The van der Waals surface area contributed by atoms with E-state index in [2.05, 4.69) is 0 Å². The van der Waals surface area contributed by atoms with E-state index in [4.69, 9.17) is 9.47 Å². The van der Waals surface area contributed by atoms with Crippen LogP contribution in [0.2, 0.25) is 0 Å². The zero-order chi connectivity index (χ0) is 14.8. The topological polar surface area (TPSA) is 18.5 Å². The molecular weight excluding hydrogens is 269 g/mol. The molecule has 2 aromatic rings. The number of hydrogen-bond acceptors (Lipinski definition) is 2. The van der Waals surface area contributed by atoms with E-state index in [1.165, 1.54) is 20.3 Å². The maximum absolute atomic E-state index is 12.8. The van der Waals surface area contributed by atoms with Gasteiger partial charge in [0.1, 0.15) is 0 Å². The lowest BCUT2D eigenvalue weighted by Crippen LogP contribution is -2.04. The summed E-state index contributed by atoms with van der Waals surface area (Å²) >= 11 is 0. The summed E-state index contributed by atoms with van der Waals surface area (Å²) < 4.78 is 48.7. The zero-order valence-corrected chi connectivity index (χ0v) is 11.0. The van der Waals surface area contributed by atoms with Crippen molar-refractivity contribution in [2.24, 2.45) is 0 Å². The standard InChI is InChI=1S/C15H13F3O2/c1-19-13-8-4-7-12(14(13)20-2)10-5-3-6-11(9-10)15(16,17)18/h3-9H,1-2H3. The maximum Gasteiger partial charge on any atom is 0.416 e. The van der Waals surface area contributed by atoms with Crippen LogP contribution in [0.4, 0.5) is 13.2 Å². The number of ether oxygens (including phenoxy) is 2. The van der Waals surface area contributed by atoms with E-state index < -0.39 is 11.7 Å². The summed E-state index contributed by atoms with van der Waals surface area (Å²) in [5.41, 5.74) is 0.286. The van der Waals surface area contributed by atoms with Crippen molar-refractivity contribution >= 4 is 0 Å². The molecule has 0 radical (unpaired) electrons. The van der Waals surface area contributed by atoms with Crippen LogP contribution in [0.3, 0.4) is 0 Å². The average molecular weight is 282 g/mol. The van der Waals surface area contributed by atoms with Crippen molar-refractivity contribution < 1.29 is 22.6 Å². The van der Waals surface area contributed by atoms with Gasteiger partial charge in [0.25, 0.3) is 0 Å². The fourth-order valence-corrected chi connectivity index (χ4v) is 1.98. The van der Waals surface area contributed by atoms with Gasteiger partial charge in [0.2, 0.25) is 0 Å². The Bertz CT molecular complexity index is 606. The number of benzene rings is 2. The average Bonchev–Trinajstić information content (AvgIpc) is 2.45. The van der Waals surface area contributed by atoms with Crippen LogP contribution < -0.4 is 9.47 Å². The third kappa shape index (κ3) is 2.71. The lowest BCUT2D eigenvalue weighted by Gasteiger charge is -2.14. The number of rotatable bonds is 3. The van der Waals surface area contributed by atoms with Crippen LogP contribution in [-0.4, -0.2) is 14.2 Å². The Balaban J connectivity index is 2.57. The van der Waals surface area contributed by atoms with Crippen LogP contribution in [0, 0.1) is 0 Å². The Morgan fingerprint density at radius 3 is 2.20 bits per heavy atom. The molecular formula is C15H13F3O2. The molecule has 2 rings (SSSR count). The normalized spacial score (nSPS) is 11.2. The first kappa shape index (κ1) is 14.2. The second kappa shape index (κ2) is 5.45. The van der Waals surface area contributed by atoms with Crippen molar-refractivity contribution in [3.05, 3.63) is 48.0 Å². The van der Waals surface area contributed by atoms with Crippen LogP contribution in [0.1, 0.15) is 5.56 Å². The lowest BCUT2D eigenvalue weighted by molar-refractivity contribution is -0.137. The summed E-state index contributed by atoms with van der Waals surface area (Å²) in [5.74, 6) is 0.886. The van der Waals surface area contributed by atoms with Gasteiger partial charge in [-0.15, -0.1) is 0 Å². The van der Waals surface area contributed by atoms with Crippen molar-refractivity contribution in [2.45, 2.75) is 6.18 Å². The van der Waals surface area contributed by atoms with E-state index in [-0.39, 0.29) is 0 Å². The van der Waals surface area contributed by atoms with Gasteiger partial charge in [-0.25, -0.2) is 0 Å². The molecule has 0 aliphatic heterocycles. The molecule has 0 aromatic heterocycles. The van der Waals surface area contributed by atoms with Crippen molar-refractivity contribution in [2.75, 3.05) is 14.2 Å². The summed E-state index contributed by atoms with van der Waals surface area (Å²) in [5, 5.41) is 0. The predicted molar refractivity (Wildman–Crippen MR) is 70.0 cm³/mol. The summed E-state index contributed by atoms with van der Waals surface area (Å²) in [7, 11) is 2.93. The number of methoxy groups -OCH3 is 2. The SMILES string of the molecule is COc1cccc(-c2cccc(C(F)(F)F)c2)c1OC. The fraction of sp³-hybridized carbons (Fsp3) is 0.200. The fourth-order valence-electron chi connectivity index (χ4n) is 1.98. The Hall–Kier alpha value is -2.17. The van der Waals surface area contributed by atoms with Gasteiger partial charge in [-0.3, -0.25) is 0 Å². The van der Waals surface area contributed by atoms with Gasteiger partial charge in [0.15, 0.2) is 11.5 Å². The minimum absolute atomic E-state index is 0.411.